The average Bonchev–Trinajstić information content (AvgIpc) is 2.56. The molecule has 3 nitrogen and oxygen atoms in total. The predicted octanol–water partition coefficient (Wildman–Crippen LogP) is 3.50. The van der Waals surface area contributed by atoms with E-state index in [9.17, 15) is 0 Å². The number of benzene rings is 1. The lowest BCUT2D eigenvalue weighted by Gasteiger charge is -2.28. The molecule has 0 saturated carbocycles. The van der Waals surface area contributed by atoms with Crippen LogP contribution in [-0.4, -0.2) is 31.6 Å². The van der Waals surface area contributed by atoms with Crippen molar-refractivity contribution in [3.05, 3.63) is 29.3 Å². The van der Waals surface area contributed by atoms with Crippen molar-refractivity contribution in [1.29, 1.82) is 0 Å². The molecule has 0 radical (unpaired) electrons. The molecular weight excluding hydrogens is 260 g/mol. The summed E-state index contributed by atoms with van der Waals surface area (Å²) in [6.45, 7) is 4.64. The van der Waals surface area contributed by atoms with Gasteiger partial charge in [-0.15, -0.1) is 0 Å². The monoisotopic (exact) mass is 288 g/mol. The number of piperidine rings is 2. The predicted molar refractivity (Wildman–Crippen MR) is 86.7 cm³/mol. The zero-order valence-electron chi connectivity index (χ0n) is 13.2. The summed E-state index contributed by atoms with van der Waals surface area (Å²) >= 11 is 0. The second kappa shape index (κ2) is 7.28. The second-order valence-corrected chi connectivity index (χ2v) is 6.41. The molecule has 2 aliphatic rings. The maximum Gasteiger partial charge on any atom is 0.123 e. The van der Waals surface area contributed by atoms with Gasteiger partial charge >= 0.3 is 0 Å². The Kier molecular flexibility index (Phi) is 5.15. The number of rotatable bonds is 4. The molecule has 0 spiro atoms. The molecule has 2 heterocycles. The molecule has 0 aliphatic carbocycles. The van der Waals surface area contributed by atoms with Gasteiger partial charge in [-0.2, -0.15) is 0 Å². The highest BCUT2D eigenvalue weighted by Crippen LogP contribution is 2.29. The zero-order valence-corrected chi connectivity index (χ0v) is 13.2. The summed E-state index contributed by atoms with van der Waals surface area (Å²) in [5.41, 5.74) is 2.78. The molecule has 0 amide bonds. The lowest BCUT2D eigenvalue weighted by Crippen LogP contribution is -2.30. The van der Waals surface area contributed by atoms with E-state index in [-0.39, 0.29) is 0 Å². The summed E-state index contributed by atoms with van der Waals surface area (Å²) < 4.78 is 5.58. The minimum absolute atomic E-state index is 0.532. The molecule has 1 atom stereocenters. The van der Waals surface area contributed by atoms with Gasteiger partial charge in [0, 0.05) is 18.2 Å². The van der Waals surface area contributed by atoms with Crippen LogP contribution in [0.25, 0.3) is 0 Å². The maximum absolute atomic E-state index is 5.58. The Bertz CT molecular complexity index is 449. The largest absolute Gasteiger partial charge is 0.496 e. The van der Waals surface area contributed by atoms with E-state index in [1.807, 2.05) is 0 Å². The third-order valence-electron chi connectivity index (χ3n) is 4.86. The van der Waals surface area contributed by atoms with Crippen LogP contribution < -0.4 is 10.1 Å². The Morgan fingerprint density at radius 3 is 2.71 bits per heavy atom. The van der Waals surface area contributed by atoms with E-state index in [2.05, 4.69) is 28.4 Å². The van der Waals surface area contributed by atoms with Crippen LogP contribution in [0.5, 0.6) is 5.75 Å². The summed E-state index contributed by atoms with van der Waals surface area (Å²) in [6, 6.07) is 7.30. The first-order valence-electron chi connectivity index (χ1n) is 8.49. The molecule has 3 rings (SSSR count). The second-order valence-electron chi connectivity index (χ2n) is 6.41. The summed E-state index contributed by atoms with van der Waals surface area (Å²) in [5.74, 6) is 1.04. The van der Waals surface area contributed by atoms with Crippen LogP contribution in [0.15, 0.2) is 18.2 Å². The van der Waals surface area contributed by atoms with Crippen molar-refractivity contribution in [3.63, 3.8) is 0 Å². The van der Waals surface area contributed by atoms with Gasteiger partial charge in [0.25, 0.3) is 0 Å². The first kappa shape index (κ1) is 14.9. The van der Waals surface area contributed by atoms with Crippen molar-refractivity contribution in [2.45, 2.75) is 51.1 Å². The van der Waals surface area contributed by atoms with Gasteiger partial charge in [-0.3, -0.25) is 4.90 Å². The van der Waals surface area contributed by atoms with Crippen LogP contribution in [0.1, 0.15) is 55.7 Å². The highest BCUT2D eigenvalue weighted by Gasteiger charge is 2.18. The van der Waals surface area contributed by atoms with E-state index in [0.717, 1.165) is 18.8 Å². The molecule has 0 aromatic heterocycles. The van der Waals surface area contributed by atoms with Gasteiger partial charge in [0.15, 0.2) is 0 Å². The number of nitrogens with one attached hydrogen (secondary N) is 1. The third kappa shape index (κ3) is 3.78. The van der Waals surface area contributed by atoms with Gasteiger partial charge in [-0.1, -0.05) is 18.9 Å². The van der Waals surface area contributed by atoms with Crippen molar-refractivity contribution < 1.29 is 4.74 Å². The minimum atomic E-state index is 0.532. The maximum atomic E-state index is 5.58. The average molecular weight is 288 g/mol. The quantitative estimate of drug-likeness (QED) is 0.918. The summed E-state index contributed by atoms with van der Waals surface area (Å²) in [6.07, 6.45) is 7.98. The molecule has 2 fully saturated rings. The van der Waals surface area contributed by atoms with E-state index in [0.29, 0.717) is 6.04 Å². The number of hydrogen-bond donors (Lipinski definition) is 1. The first-order chi connectivity index (χ1) is 10.4. The van der Waals surface area contributed by atoms with Gasteiger partial charge in [0.1, 0.15) is 5.75 Å². The normalized spacial score (nSPS) is 24.0. The van der Waals surface area contributed by atoms with Crippen LogP contribution in [0.2, 0.25) is 0 Å². The van der Waals surface area contributed by atoms with Crippen LogP contribution >= 0.6 is 0 Å². The summed E-state index contributed by atoms with van der Waals surface area (Å²) in [4.78, 5) is 2.57. The Hall–Kier alpha value is -1.06. The molecule has 1 N–H and O–H groups in total. The van der Waals surface area contributed by atoms with Crippen molar-refractivity contribution in [1.82, 2.24) is 10.2 Å². The lowest BCUT2D eigenvalue weighted by molar-refractivity contribution is 0.218. The van der Waals surface area contributed by atoms with Crippen molar-refractivity contribution in [3.8, 4) is 5.75 Å². The highest BCUT2D eigenvalue weighted by atomic mass is 16.5. The number of nitrogens with zero attached hydrogens (tertiary/aromatic N) is 1. The van der Waals surface area contributed by atoms with Crippen LogP contribution in [0.4, 0.5) is 0 Å². The van der Waals surface area contributed by atoms with E-state index in [4.69, 9.17) is 4.74 Å². The number of methoxy groups -OCH3 is 1. The van der Waals surface area contributed by atoms with Gasteiger partial charge < -0.3 is 10.1 Å². The molecule has 21 heavy (non-hydrogen) atoms. The number of likely N-dealkylation sites (tertiary alicyclic amines) is 1. The Balaban J connectivity index is 1.75. The fraction of sp³-hybridized carbons (Fsp3) is 0.667. The Labute approximate surface area is 128 Å². The number of ether oxygens (including phenoxy) is 1. The molecule has 1 aromatic carbocycles. The third-order valence-corrected chi connectivity index (χ3v) is 4.86. The highest BCUT2D eigenvalue weighted by molar-refractivity contribution is 5.38. The van der Waals surface area contributed by atoms with Crippen molar-refractivity contribution in [2.24, 2.45) is 0 Å². The van der Waals surface area contributed by atoms with E-state index >= 15 is 0 Å². The Morgan fingerprint density at radius 2 is 2.00 bits per heavy atom. The number of hydrogen-bond acceptors (Lipinski definition) is 3. The first-order valence-corrected chi connectivity index (χ1v) is 8.49. The van der Waals surface area contributed by atoms with Crippen LogP contribution in [-0.2, 0) is 6.54 Å². The molecule has 0 bridgehead atoms. The fourth-order valence-electron chi connectivity index (χ4n) is 3.63. The van der Waals surface area contributed by atoms with E-state index in [1.54, 1.807) is 7.11 Å². The molecule has 1 unspecified atom stereocenters. The molecule has 1 aromatic rings. The summed E-state index contributed by atoms with van der Waals surface area (Å²) in [7, 11) is 1.79. The van der Waals surface area contributed by atoms with E-state index < -0.39 is 0 Å². The lowest BCUT2D eigenvalue weighted by atomic mass is 9.95. The van der Waals surface area contributed by atoms with Crippen LogP contribution in [0.3, 0.4) is 0 Å². The van der Waals surface area contributed by atoms with Crippen LogP contribution in [0, 0.1) is 0 Å². The molecule has 3 heteroatoms. The fourth-order valence-corrected chi connectivity index (χ4v) is 3.63. The zero-order chi connectivity index (χ0) is 14.5. The molecular formula is C18H28N2O. The smallest absolute Gasteiger partial charge is 0.123 e. The van der Waals surface area contributed by atoms with Gasteiger partial charge in [0.05, 0.1) is 7.11 Å². The Morgan fingerprint density at radius 1 is 1.14 bits per heavy atom. The minimum Gasteiger partial charge on any atom is -0.496 e. The van der Waals surface area contributed by atoms with Gasteiger partial charge in [-0.05, 0) is 63.0 Å². The topological polar surface area (TPSA) is 24.5 Å². The molecule has 2 saturated heterocycles. The van der Waals surface area contributed by atoms with E-state index in [1.165, 1.54) is 62.7 Å². The molecule has 2 aliphatic heterocycles. The van der Waals surface area contributed by atoms with Gasteiger partial charge in [0.2, 0.25) is 0 Å². The SMILES string of the molecule is COc1ccc(C2CCCCN2)cc1CN1CCCCC1. The van der Waals surface area contributed by atoms with Crippen molar-refractivity contribution in [2.75, 3.05) is 26.7 Å². The summed E-state index contributed by atoms with van der Waals surface area (Å²) in [5, 5.41) is 3.65. The van der Waals surface area contributed by atoms with Gasteiger partial charge in [-0.25, -0.2) is 0 Å². The standard InChI is InChI=1S/C18H28N2O/c1-21-18-9-8-15(17-7-3-4-10-19-17)13-16(18)14-20-11-5-2-6-12-20/h8-9,13,17,19H,2-7,10-12,14H2,1H3. The molecule has 116 valence electrons. The van der Waals surface area contributed by atoms with Crippen molar-refractivity contribution >= 4 is 0 Å².